The summed E-state index contributed by atoms with van der Waals surface area (Å²) in [6.45, 7) is 0. The van der Waals surface area contributed by atoms with Gasteiger partial charge in [-0.15, -0.1) is 0 Å². The number of hydrogen-bond acceptors (Lipinski definition) is 0. The molecule has 0 saturated carbocycles. The van der Waals surface area contributed by atoms with Crippen LogP contribution in [0.15, 0.2) is 0 Å². The summed E-state index contributed by atoms with van der Waals surface area (Å²) in [6, 6.07) is 0. The summed E-state index contributed by atoms with van der Waals surface area (Å²) < 4.78 is 0. The van der Waals surface area contributed by atoms with Gasteiger partial charge in [-0.1, -0.05) is 0 Å². The van der Waals surface area contributed by atoms with E-state index in [1.165, 1.54) is 0 Å². The van der Waals surface area contributed by atoms with Crippen molar-refractivity contribution in [2.75, 3.05) is 0 Å². The Labute approximate surface area is 135 Å². The van der Waals surface area contributed by atoms with Gasteiger partial charge in [0, 0.05) is 21.7 Å². The van der Waals surface area contributed by atoms with Crippen LogP contribution in [0, 0.1) is 0 Å². The van der Waals surface area contributed by atoms with E-state index in [1.807, 2.05) is 0 Å². The fraction of sp³-hybridized carbons (Fsp3) is 0. The molecule has 0 aromatic heterocycles. The Hall–Kier alpha value is 3.65. The summed E-state index contributed by atoms with van der Waals surface area (Å²) in [4.78, 5) is 0. The van der Waals surface area contributed by atoms with Crippen LogP contribution in [0.3, 0.4) is 0 Å². The van der Waals surface area contributed by atoms with Gasteiger partial charge in [0.1, 0.15) is 0 Å². The Balaban J connectivity index is 0. The van der Waals surface area contributed by atoms with Crippen molar-refractivity contribution >= 4 is 94.4 Å². The van der Waals surface area contributed by atoms with E-state index in [0.717, 1.165) is 0 Å². The maximum Gasteiger partial charge on any atom is 2.00 e. The van der Waals surface area contributed by atoms with Gasteiger partial charge >= 0.3 is 94.4 Å². The van der Waals surface area contributed by atoms with Crippen molar-refractivity contribution in [2.24, 2.45) is 0 Å². The average Bonchev–Trinajstić information content (AvgIpc) is 0. The molecule has 0 rings (SSSR count). The van der Waals surface area contributed by atoms with Crippen molar-refractivity contribution in [2.45, 2.75) is 0 Å². The van der Waals surface area contributed by atoms with Gasteiger partial charge in [0.05, 0.1) is 0 Å². The Morgan fingerprint density at radius 3 is 0.833 bits per heavy atom. The van der Waals surface area contributed by atoms with Gasteiger partial charge < -0.3 is 22.1 Å². The quantitative estimate of drug-likeness (QED) is 0.429. The predicted molar refractivity (Wildman–Crippen MR) is 26.8 cm³/mol. The molecular formula is H10BaO3SrTi. The van der Waals surface area contributed by atoms with Gasteiger partial charge in [-0.05, 0) is 0 Å². The van der Waals surface area contributed by atoms with Gasteiger partial charge in [0.15, 0.2) is 0 Å². The van der Waals surface area contributed by atoms with Crippen molar-refractivity contribution in [3.63, 3.8) is 0 Å². The van der Waals surface area contributed by atoms with E-state index in [2.05, 4.69) is 0 Å². The largest absolute Gasteiger partial charge is 2.00 e. The minimum atomic E-state index is 0. The molecule has 0 aliphatic heterocycles. The SMILES string of the molecule is O.O.O.[Ba+2].[H-].[H-].[H-].[H-].[Sr+2].[Ti]. The fourth-order valence-corrected chi connectivity index (χ4v) is 0. The van der Waals surface area contributed by atoms with Crippen molar-refractivity contribution in [1.82, 2.24) is 0 Å². The van der Waals surface area contributed by atoms with Crippen LogP contribution in [0.4, 0.5) is 0 Å². The molecule has 0 aliphatic carbocycles. The average molecular weight is 331 g/mol. The first kappa shape index (κ1) is 54.2. The van der Waals surface area contributed by atoms with Crippen LogP contribution in [-0.2, 0) is 21.7 Å². The van der Waals surface area contributed by atoms with Gasteiger partial charge in [-0.2, -0.15) is 0 Å². The Bertz CT molecular complexity index is 20.5. The second-order valence-corrected chi connectivity index (χ2v) is 0. The molecule has 0 bridgehead atoms. The first-order valence-electron chi connectivity index (χ1n) is 0. The fourth-order valence-electron chi connectivity index (χ4n) is 0. The first-order valence-corrected chi connectivity index (χ1v) is 0. The van der Waals surface area contributed by atoms with Crippen LogP contribution in [-0.4, -0.2) is 111 Å². The molecule has 0 heterocycles. The Morgan fingerprint density at radius 2 is 0.833 bits per heavy atom. The van der Waals surface area contributed by atoms with Crippen LogP contribution >= 0.6 is 0 Å². The van der Waals surface area contributed by atoms with E-state index >= 15 is 0 Å². The minimum absolute atomic E-state index is 0. The zero-order valence-corrected chi connectivity index (χ0v) is 12.9. The first-order chi connectivity index (χ1) is 0. The zero-order chi connectivity index (χ0) is 0. The zero-order valence-electron chi connectivity index (χ0n) is 7.41. The smallest absolute Gasteiger partial charge is 1.00 e. The van der Waals surface area contributed by atoms with Crippen LogP contribution in [0.25, 0.3) is 0 Å². The molecule has 0 unspecified atom stereocenters. The van der Waals surface area contributed by atoms with E-state index in [4.69, 9.17) is 0 Å². The summed E-state index contributed by atoms with van der Waals surface area (Å²) in [5, 5.41) is 0. The molecule has 0 radical (unpaired) electrons. The van der Waals surface area contributed by atoms with Gasteiger partial charge in [-0.3, -0.25) is 0 Å². The van der Waals surface area contributed by atoms with Crippen LogP contribution in [0.5, 0.6) is 0 Å². The summed E-state index contributed by atoms with van der Waals surface area (Å²) >= 11 is 0. The van der Waals surface area contributed by atoms with E-state index in [-0.39, 0.29) is 138 Å². The van der Waals surface area contributed by atoms with E-state index in [9.17, 15) is 0 Å². The molecule has 6 heteroatoms. The van der Waals surface area contributed by atoms with Gasteiger partial charge in [-0.25, -0.2) is 0 Å². The van der Waals surface area contributed by atoms with Crippen LogP contribution in [0.1, 0.15) is 5.71 Å². The molecule has 0 aromatic carbocycles. The van der Waals surface area contributed by atoms with Crippen molar-refractivity contribution in [3.05, 3.63) is 0 Å². The van der Waals surface area contributed by atoms with Gasteiger partial charge in [0.2, 0.25) is 0 Å². The maximum absolute atomic E-state index is 0. The Kier molecular flexibility index (Phi) is 344. The van der Waals surface area contributed by atoms with Crippen molar-refractivity contribution in [3.8, 4) is 0 Å². The Morgan fingerprint density at radius 1 is 0.833 bits per heavy atom. The number of hydrogen-bond donors (Lipinski definition) is 0. The summed E-state index contributed by atoms with van der Waals surface area (Å²) in [7, 11) is 0. The molecule has 0 atom stereocenters. The monoisotopic (exact) mass is 332 g/mol. The molecule has 6 N–H and O–H groups in total. The van der Waals surface area contributed by atoms with Crippen molar-refractivity contribution < 1.29 is 43.9 Å². The van der Waals surface area contributed by atoms with E-state index in [0.29, 0.717) is 0 Å². The molecule has 0 aromatic rings. The number of rotatable bonds is 0. The third-order valence-electron chi connectivity index (χ3n) is 0. The van der Waals surface area contributed by atoms with Crippen molar-refractivity contribution in [1.29, 1.82) is 0 Å². The second-order valence-electron chi connectivity index (χ2n) is 0. The third kappa shape index (κ3) is 25.4. The van der Waals surface area contributed by atoms with Crippen LogP contribution in [0.2, 0.25) is 0 Å². The van der Waals surface area contributed by atoms with E-state index < -0.39 is 0 Å². The third-order valence-corrected chi connectivity index (χ3v) is 0. The van der Waals surface area contributed by atoms with Gasteiger partial charge in [0.25, 0.3) is 0 Å². The maximum atomic E-state index is 0. The molecule has 0 amide bonds. The molecule has 0 aliphatic rings. The molecule has 0 saturated heterocycles. The second kappa shape index (κ2) is 38.0. The molecule has 36 valence electrons. The normalized spacial score (nSPS) is 0. The molecule has 3 nitrogen and oxygen atoms in total. The summed E-state index contributed by atoms with van der Waals surface area (Å²) in [5.41, 5.74) is 0. The standard InChI is InChI=1S/Ba.3H2O.Sr.Ti.4H/h;3*1H2;;;;;;/q+2;;;;+2;;4*-1. The molecule has 0 spiro atoms. The van der Waals surface area contributed by atoms with E-state index in [1.54, 1.807) is 0 Å². The molecule has 6 heavy (non-hydrogen) atoms. The summed E-state index contributed by atoms with van der Waals surface area (Å²) in [6.07, 6.45) is 0. The van der Waals surface area contributed by atoms with Crippen LogP contribution < -0.4 is 0 Å². The molecular weight excluding hydrogens is 321 g/mol. The predicted octanol–water partition coefficient (Wildman–Crippen LogP) is -2.79. The summed E-state index contributed by atoms with van der Waals surface area (Å²) in [5.74, 6) is 0. The topological polar surface area (TPSA) is 94.5 Å². The molecule has 0 fully saturated rings. The minimum Gasteiger partial charge on any atom is -1.00 e.